The van der Waals surface area contributed by atoms with E-state index < -0.39 is 12.4 Å². The standard InChI is InChI=1S/C4H6F2O2.BrH/c1-2-8-4(7)3(5)6;/h3H,2H2,1H3;1H. The van der Waals surface area contributed by atoms with Crippen molar-refractivity contribution in [2.24, 2.45) is 0 Å². The van der Waals surface area contributed by atoms with Gasteiger partial charge in [0, 0.05) is 0 Å². The van der Waals surface area contributed by atoms with Gasteiger partial charge in [-0.15, -0.1) is 17.0 Å². The Morgan fingerprint density at radius 1 is 1.67 bits per heavy atom. The summed E-state index contributed by atoms with van der Waals surface area (Å²) in [5, 5.41) is 0. The van der Waals surface area contributed by atoms with E-state index in [0.717, 1.165) is 0 Å². The Morgan fingerprint density at radius 3 is 2.22 bits per heavy atom. The molecule has 0 bridgehead atoms. The van der Waals surface area contributed by atoms with Gasteiger partial charge in [-0.25, -0.2) is 4.79 Å². The molecule has 0 saturated carbocycles. The fraction of sp³-hybridized carbons (Fsp3) is 0.750. The van der Waals surface area contributed by atoms with Crippen molar-refractivity contribution in [1.29, 1.82) is 0 Å². The average Bonchev–Trinajstić information content (AvgIpc) is 1.67. The lowest BCUT2D eigenvalue weighted by atomic mass is 10.7. The van der Waals surface area contributed by atoms with Gasteiger partial charge in [-0.2, -0.15) is 8.78 Å². The minimum atomic E-state index is -2.99. The van der Waals surface area contributed by atoms with Crippen LogP contribution in [-0.4, -0.2) is 19.0 Å². The van der Waals surface area contributed by atoms with Crippen molar-refractivity contribution < 1.29 is 18.3 Å². The monoisotopic (exact) mass is 204 g/mol. The summed E-state index contributed by atoms with van der Waals surface area (Å²) < 4.78 is 26.2. The smallest absolute Gasteiger partial charge is 0.373 e. The molecule has 0 unspecified atom stereocenters. The number of carbonyl (C=O) groups is 1. The van der Waals surface area contributed by atoms with Crippen molar-refractivity contribution in [3.63, 3.8) is 0 Å². The number of esters is 1. The molecule has 0 atom stereocenters. The Balaban J connectivity index is 0. The van der Waals surface area contributed by atoms with Gasteiger partial charge in [-0.05, 0) is 6.92 Å². The maximum Gasteiger partial charge on any atom is 0.373 e. The topological polar surface area (TPSA) is 26.3 Å². The Kier molecular flexibility index (Phi) is 7.65. The Bertz CT molecular complexity index is 86.6. The molecule has 56 valence electrons. The second-order valence-corrected chi connectivity index (χ2v) is 1.05. The van der Waals surface area contributed by atoms with Crippen LogP contribution in [0.2, 0.25) is 0 Å². The molecule has 5 heteroatoms. The summed E-state index contributed by atoms with van der Waals surface area (Å²) in [6, 6.07) is 0. The molecule has 0 aromatic rings. The van der Waals surface area contributed by atoms with Crippen LogP contribution in [-0.2, 0) is 9.53 Å². The first-order valence-electron chi connectivity index (χ1n) is 2.13. The summed E-state index contributed by atoms with van der Waals surface area (Å²) in [5.41, 5.74) is 0. The maximum atomic E-state index is 11.1. The lowest BCUT2D eigenvalue weighted by Crippen LogP contribution is -2.13. The third kappa shape index (κ3) is 5.68. The van der Waals surface area contributed by atoms with Crippen molar-refractivity contribution in [3.05, 3.63) is 0 Å². The molecule has 0 spiro atoms. The number of carbonyl (C=O) groups excluding carboxylic acids is 1. The van der Waals surface area contributed by atoms with Crippen LogP contribution < -0.4 is 0 Å². The van der Waals surface area contributed by atoms with Gasteiger partial charge in [-0.1, -0.05) is 0 Å². The fourth-order valence-electron chi connectivity index (χ4n) is 0.205. The number of hydrogen-bond acceptors (Lipinski definition) is 2. The molecule has 0 aliphatic heterocycles. The summed E-state index contributed by atoms with van der Waals surface area (Å²) >= 11 is 0. The summed E-state index contributed by atoms with van der Waals surface area (Å²) in [6.45, 7) is 1.48. The quantitative estimate of drug-likeness (QED) is 0.636. The molecule has 0 fully saturated rings. The molecule has 0 amide bonds. The van der Waals surface area contributed by atoms with Gasteiger partial charge in [0.1, 0.15) is 0 Å². The lowest BCUT2D eigenvalue weighted by molar-refractivity contribution is -0.155. The van der Waals surface area contributed by atoms with Gasteiger partial charge in [-0.3, -0.25) is 0 Å². The van der Waals surface area contributed by atoms with Gasteiger partial charge < -0.3 is 4.74 Å². The van der Waals surface area contributed by atoms with Crippen LogP contribution >= 0.6 is 17.0 Å². The van der Waals surface area contributed by atoms with E-state index in [9.17, 15) is 13.6 Å². The highest BCUT2D eigenvalue weighted by molar-refractivity contribution is 8.93. The van der Waals surface area contributed by atoms with E-state index >= 15 is 0 Å². The normalized spacial score (nSPS) is 8.44. The first-order chi connectivity index (χ1) is 3.68. The first-order valence-corrected chi connectivity index (χ1v) is 2.13. The predicted octanol–water partition coefficient (Wildman–Crippen LogP) is 1.39. The molecule has 0 radical (unpaired) electrons. The zero-order valence-corrected chi connectivity index (χ0v) is 6.48. The summed E-state index contributed by atoms with van der Waals surface area (Å²) in [7, 11) is 0. The largest absolute Gasteiger partial charge is 0.462 e. The van der Waals surface area contributed by atoms with Crippen LogP contribution in [0.5, 0.6) is 0 Å². The fourth-order valence-corrected chi connectivity index (χ4v) is 0.205. The molecule has 0 aromatic heterocycles. The average molecular weight is 205 g/mol. The molecule has 0 N–H and O–H groups in total. The summed E-state index contributed by atoms with van der Waals surface area (Å²) in [6.07, 6.45) is -2.99. The van der Waals surface area contributed by atoms with E-state index in [1.807, 2.05) is 0 Å². The number of rotatable bonds is 2. The van der Waals surface area contributed by atoms with E-state index in [1.165, 1.54) is 6.92 Å². The van der Waals surface area contributed by atoms with Gasteiger partial charge in [0.25, 0.3) is 0 Å². The van der Waals surface area contributed by atoms with Crippen molar-refractivity contribution in [3.8, 4) is 0 Å². The SMILES string of the molecule is Br.CCOC(=O)C(F)F. The van der Waals surface area contributed by atoms with Gasteiger partial charge >= 0.3 is 12.4 Å². The van der Waals surface area contributed by atoms with E-state index in [2.05, 4.69) is 4.74 Å². The van der Waals surface area contributed by atoms with Crippen LogP contribution in [0, 0.1) is 0 Å². The highest BCUT2D eigenvalue weighted by atomic mass is 79.9. The molecule has 0 aliphatic carbocycles. The molecule has 0 aromatic carbocycles. The van der Waals surface area contributed by atoms with Crippen LogP contribution in [0.3, 0.4) is 0 Å². The Labute approximate surface area is 62.0 Å². The zero-order chi connectivity index (χ0) is 6.57. The lowest BCUT2D eigenvalue weighted by Gasteiger charge is -1.96. The molecule has 9 heavy (non-hydrogen) atoms. The van der Waals surface area contributed by atoms with E-state index in [0.29, 0.717) is 0 Å². The minimum absolute atomic E-state index is 0. The van der Waals surface area contributed by atoms with Crippen molar-refractivity contribution in [2.45, 2.75) is 13.3 Å². The van der Waals surface area contributed by atoms with Gasteiger partial charge in [0.2, 0.25) is 0 Å². The summed E-state index contributed by atoms with van der Waals surface area (Å²) in [5.74, 6) is -1.45. The van der Waals surface area contributed by atoms with Gasteiger partial charge in [0.15, 0.2) is 0 Å². The number of alkyl halides is 2. The van der Waals surface area contributed by atoms with E-state index in [-0.39, 0.29) is 23.6 Å². The minimum Gasteiger partial charge on any atom is -0.462 e. The highest BCUT2D eigenvalue weighted by Crippen LogP contribution is 1.93. The van der Waals surface area contributed by atoms with Crippen LogP contribution in [0.15, 0.2) is 0 Å². The van der Waals surface area contributed by atoms with Crippen molar-refractivity contribution in [2.75, 3.05) is 6.61 Å². The summed E-state index contributed by atoms with van der Waals surface area (Å²) in [4.78, 5) is 9.77. The molecule has 2 nitrogen and oxygen atoms in total. The molecule has 0 saturated heterocycles. The van der Waals surface area contributed by atoms with Crippen molar-refractivity contribution >= 4 is 23.0 Å². The first kappa shape index (κ1) is 11.6. The van der Waals surface area contributed by atoms with E-state index in [4.69, 9.17) is 0 Å². The number of ether oxygens (including phenoxy) is 1. The third-order valence-electron chi connectivity index (χ3n) is 0.465. The molecular formula is C4H7BrF2O2. The number of halogens is 3. The molecule has 0 heterocycles. The molecular weight excluding hydrogens is 198 g/mol. The zero-order valence-electron chi connectivity index (χ0n) is 4.77. The van der Waals surface area contributed by atoms with Crippen molar-refractivity contribution in [1.82, 2.24) is 0 Å². The second-order valence-electron chi connectivity index (χ2n) is 1.05. The van der Waals surface area contributed by atoms with Crippen LogP contribution in [0.25, 0.3) is 0 Å². The van der Waals surface area contributed by atoms with Crippen LogP contribution in [0.4, 0.5) is 8.78 Å². The van der Waals surface area contributed by atoms with Gasteiger partial charge in [0.05, 0.1) is 6.61 Å². The Morgan fingerprint density at radius 2 is 2.11 bits per heavy atom. The third-order valence-corrected chi connectivity index (χ3v) is 0.465. The maximum absolute atomic E-state index is 11.1. The van der Waals surface area contributed by atoms with Crippen LogP contribution in [0.1, 0.15) is 6.92 Å². The van der Waals surface area contributed by atoms with E-state index in [1.54, 1.807) is 0 Å². The Hall–Kier alpha value is -0.190. The molecule has 0 rings (SSSR count). The number of hydrogen-bond donors (Lipinski definition) is 0. The predicted molar refractivity (Wildman–Crippen MR) is 33.0 cm³/mol. The second kappa shape index (κ2) is 5.94. The highest BCUT2D eigenvalue weighted by Gasteiger charge is 2.14. The molecule has 0 aliphatic rings.